The summed E-state index contributed by atoms with van der Waals surface area (Å²) in [5.74, 6) is -0.791. The molecule has 1 unspecified atom stereocenters. The van der Waals surface area contributed by atoms with E-state index in [1.165, 1.54) is 11.3 Å². The van der Waals surface area contributed by atoms with Gasteiger partial charge in [-0.1, -0.05) is 17.4 Å². The molecule has 0 radical (unpaired) electrons. The van der Waals surface area contributed by atoms with Crippen LogP contribution in [-0.4, -0.2) is 59.4 Å². The molecule has 0 aromatic carbocycles. The van der Waals surface area contributed by atoms with Crippen molar-refractivity contribution in [3.63, 3.8) is 0 Å². The number of fused-ring (bicyclic) bond motifs is 2. The number of anilines is 2. The molecular formula is C27H26N9O7PS2. The third kappa shape index (κ3) is 6.72. The summed E-state index contributed by atoms with van der Waals surface area (Å²) in [5.41, 5.74) is 5.38. The number of pyridine rings is 2. The summed E-state index contributed by atoms with van der Waals surface area (Å²) in [7, 11) is -4.09. The number of thiophene rings is 1. The highest BCUT2D eigenvalue weighted by molar-refractivity contribution is 7.52. The molecule has 1 aliphatic heterocycles. The van der Waals surface area contributed by atoms with Gasteiger partial charge in [-0.2, -0.15) is 0 Å². The average molecular weight is 684 g/mol. The molecule has 5 aromatic rings. The highest BCUT2D eigenvalue weighted by Gasteiger charge is 2.40. The summed E-state index contributed by atoms with van der Waals surface area (Å²) in [6.07, 6.45) is 2.64. The van der Waals surface area contributed by atoms with Crippen molar-refractivity contribution in [2.75, 3.05) is 24.0 Å². The van der Waals surface area contributed by atoms with Crippen LogP contribution in [0.1, 0.15) is 46.0 Å². The molecule has 1 aliphatic rings. The Kier molecular flexibility index (Phi) is 8.99. The summed E-state index contributed by atoms with van der Waals surface area (Å²) < 4.78 is 24.9. The minimum atomic E-state index is -4.09. The van der Waals surface area contributed by atoms with E-state index >= 15 is 0 Å². The first-order valence-corrected chi connectivity index (χ1v) is 17.2. The van der Waals surface area contributed by atoms with Crippen molar-refractivity contribution in [3.05, 3.63) is 75.0 Å². The van der Waals surface area contributed by atoms with Crippen LogP contribution in [0.3, 0.4) is 0 Å². The smallest absolute Gasteiger partial charge is 0.353 e. The van der Waals surface area contributed by atoms with Crippen LogP contribution in [0.15, 0.2) is 53.7 Å². The predicted molar refractivity (Wildman–Crippen MR) is 169 cm³/mol. The molecule has 0 saturated heterocycles. The third-order valence-corrected chi connectivity index (χ3v) is 9.97. The molecule has 238 valence electrons. The van der Waals surface area contributed by atoms with Gasteiger partial charge in [-0.25, -0.2) is 9.97 Å². The number of hydrogen-bond donors (Lipinski definition) is 4. The van der Waals surface area contributed by atoms with Gasteiger partial charge in [0.1, 0.15) is 41.5 Å². The molecule has 2 amide bonds. The number of nitrogen functional groups attached to an aromatic ring is 1. The van der Waals surface area contributed by atoms with Crippen LogP contribution < -0.4 is 21.9 Å². The van der Waals surface area contributed by atoms with Crippen molar-refractivity contribution < 1.29 is 28.3 Å². The third-order valence-electron chi connectivity index (χ3n) is 6.79. The molecule has 3 atom stereocenters. The molecule has 19 heteroatoms. The van der Waals surface area contributed by atoms with E-state index in [0.717, 1.165) is 37.1 Å². The molecule has 0 spiro atoms. The molecule has 0 bridgehead atoms. The van der Waals surface area contributed by atoms with E-state index in [9.17, 15) is 23.8 Å². The van der Waals surface area contributed by atoms with Crippen molar-refractivity contribution in [2.45, 2.75) is 32.0 Å². The summed E-state index contributed by atoms with van der Waals surface area (Å²) >= 11 is 2.42. The second-order valence-corrected chi connectivity index (χ2v) is 13.9. The van der Waals surface area contributed by atoms with E-state index in [0.29, 0.717) is 16.5 Å². The number of amides is 2. The zero-order valence-corrected chi connectivity index (χ0v) is 26.6. The Balaban J connectivity index is 1.24. The fourth-order valence-electron chi connectivity index (χ4n) is 4.78. The molecule has 5 N–H and O–H groups in total. The minimum Gasteiger partial charge on any atom is -0.384 e. The van der Waals surface area contributed by atoms with Crippen molar-refractivity contribution >= 4 is 63.7 Å². The van der Waals surface area contributed by atoms with Gasteiger partial charge >= 0.3 is 7.60 Å². The molecular weight excluding hydrogens is 657 g/mol. The summed E-state index contributed by atoms with van der Waals surface area (Å²) in [5, 5.41) is 14.5. The summed E-state index contributed by atoms with van der Waals surface area (Å²) in [6, 6.07) is 7.75. The number of nitrogens with zero attached hydrogens (tertiary/aromatic N) is 6. The second kappa shape index (κ2) is 13.1. The molecule has 46 heavy (non-hydrogen) atoms. The largest absolute Gasteiger partial charge is 0.384 e. The van der Waals surface area contributed by atoms with Gasteiger partial charge in [0, 0.05) is 33.8 Å². The summed E-state index contributed by atoms with van der Waals surface area (Å²) in [6.45, 7) is 1.71. The number of nitrogens with two attached hydrogens (primary N) is 1. The number of rotatable bonds is 11. The number of aromatic nitrogens is 6. The zero-order valence-electron chi connectivity index (χ0n) is 24.0. The van der Waals surface area contributed by atoms with Crippen molar-refractivity contribution in [1.29, 1.82) is 0 Å². The van der Waals surface area contributed by atoms with Gasteiger partial charge in [0.25, 0.3) is 11.5 Å². The second-order valence-electron chi connectivity index (χ2n) is 9.96. The first-order chi connectivity index (χ1) is 22.1. The van der Waals surface area contributed by atoms with E-state index in [2.05, 4.69) is 35.8 Å². The Morgan fingerprint density at radius 3 is 2.80 bits per heavy atom. The van der Waals surface area contributed by atoms with Crippen LogP contribution >= 0.6 is 30.3 Å². The van der Waals surface area contributed by atoms with E-state index in [1.807, 2.05) is 6.07 Å². The fraction of sp³-hybridized carbons (Fsp3) is 0.259. The Morgan fingerprint density at radius 1 is 1.17 bits per heavy atom. The van der Waals surface area contributed by atoms with Gasteiger partial charge in [0.2, 0.25) is 10.9 Å². The number of carbonyl (C=O) groups is 2. The van der Waals surface area contributed by atoms with Gasteiger partial charge in [0.15, 0.2) is 5.01 Å². The first kappa shape index (κ1) is 31.5. The molecule has 0 fully saturated rings. The fourth-order valence-corrected chi connectivity index (χ4v) is 7.36. The Labute approximate surface area is 268 Å². The first-order valence-electron chi connectivity index (χ1n) is 13.8. The number of hydrogen-bond acceptors (Lipinski definition) is 14. The lowest BCUT2D eigenvalue weighted by Crippen LogP contribution is -2.36. The lowest BCUT2D eigenvalue weighted by atomic mass is 10.1. The predicted octanol–water partition coefficient (Wildman–Crippen LogP) is 3.10. The van der Waals surface area contributed by atoms with Crippen molar-refractivity contribution in [3.8, 4) is 10.7 Å². The average Bonchev–Trinajstić information content (AvgIpc) is 3.78. The quantitative estimate of drug-likeness (QED) is 0.147. The van der Waals surface area contributed by atoms with Crippen molar-refractivity contribution in [1.82, 2.24) is 35.0 Å². The van der Waals surface area contributed by atoms with Crippen molar-refractivity contribution in [2.24, 2.45) is 0 Å². The number of nitrogens with one attached hydrogen (secondary N) is 2. The monoisotopic (exact) mass is 683 g/mol. The van der Waals surface area contributed by atoms with E-state index in [-0.39, 0.29) is 36.1 Å². The maximum Gasteiger partial charge on any atom is 0.353 e. The van der Waals surface area contributed by atoms with Gasteiger partial charge in [0.05, 0.1) is 19.3 Å². The van der Waals surface area contributed by atoms with Crippen LogP contribution in [0.2, 0.25) is 0 Å². The van der Waals surface area contributed by atoms with E-state index in [4.69, 9.17) is 15.0 Å². The highest BCUT2D eigenvalue weighted by atomic mass is 32.1. The van der Waals surface area contributed by atoms with Gasteiger partial charge in [-0.15, -0.1) is 21.5 Å². The van der Waals surface area contributed by atoms with E-state index < -0.39 is 43.5 Å². The summed E-state index contributed by atoms with van der Waals surface area (Å²) in [4.78, 5) is 63.7. The van der Waals surface area contributed by atoms with Gasteiger partial charge in [-0.3, -0.25) is 28.5 Å². The lowest BCUT2D eigenvalue weighted by Gasteiger charge is -2.15. The molecule has 0 saturated carbocycles. The minimum absolute atomic E-state index is 0.0114. The van der Waals surface area contributed by atoms with Crippen LogP contribution in [-0.2, 0) is 25.2 Å². The number of carbonyl (C=O) groups excluding carboxylic acids is 2. The van der Waals surface area contributed by atoms with Gasteiger partial charge in [-0.05, 0) is 31.2 Å². The maximum absolute atomic E-state index is 13.7. The number of ether oxygens (including phenoxy) is 1. The lowest BCUT2D eigenvalue weighted by molar-refractivity contribution is -0.124. The molecule has 5 aromatic heterocycles. The Hall–Kier alpha value is -4.45. The Morgan fingerprint density at radius 2 is 2.02 bits per heavy atom. The SMILES string of the molecule is CCOP(=O)(O)CO[C@@H]1C[C@@H](C(=O)NCc2cc3cnc(N)cc3s2)n2c1ncc(NC(=O)c1nnc(-c3ccccn3)s1)c2=O. The molecule has 6 heterocycles. The van der Waals surface area contributed by atoms with Gasteiger partial charge < -0.3 is 30.5 Å². The molecule has 16 nitrogen and oxygen atoms in total. The van der Waals surface area contributed by atoms with Crippen LogP contribution in [0, 0.1) is 0 Å². The van der Waals surface area contributed by atoms with E-state index in [1.54, 1.807) is 43.6 Å². The molecule has 0 aliphatic carbocycles. The highest BCUT2D eigenvalue weighted by Crippen LogP contribution is 2.45. The van der Waals surface area contributed by atoms with Crippen LogP contribution in [0.5, 0.6) is 0 Å². The van der Waals surface area contributed by atoms with Crippen LogP contribution in [0.25, 0.3) is 20.8 Å². The molecule has 6 rings (SSSR count). The topological polar surface area (TPSA) is 226 Å². The Bertz CT molecular complexity index is 2030. The normalized spacial score (nSPS) is 17.0. The van der Waals surface area contributed by atoms with Crippen LogP contribution in [0.4, 0.5) is 11.5 Å². The standard InChI is InChI=1S/C27H26N9O7PS2/c1-2-43-44(40,41)13-42-19-8-18(23(37)32-11-15-7-14-10-30-21(28)9-20(14)45-15)36-22(19)31-12-17(27(36)39)33-24(38)26-35-34-25(46-26)16-5-3-4-6-29-16/h3-7,9-10,12,18-19H,2,8,11,13H2,1H3,(H2,28,30)(H,32,37)(H,33,38)(H,40,41)/t18-,19+/m0/s1. The maximum atomic E-state index is 13.7. The zero-order chi connectivity index (χ0) is 32.4.